The third-order valence-corrected chi connectivity index (χ3v) is 6.98. The van der Waals surface area contributed by atoms with Crippen LogP contribution in [0.5, 0.6) is 0 Å². The average Bonchev–Trinajstić information content (AvgIpc) is 2.67. The zero-order chi connectivity index (χ0) is 22.6. The first-order valence-corrected chi connectivity index (χ1v) is 10.9. The maximum Gasteiger partial charge on any atom is 1.00 e. The van der Waals surface area contributed by atoms with E-state index in [0.29, 0.717) is 0 Å². The number of carboxylic acid groups (broad SMARTS) is 1. The number of aliphatic hydroxyl groups excluding tert-OH is 5. The molecule has 7 N–H and O–H groups in total. The van der Waals surface area contributed by atoms with Crippen LogP contribution >= 0.6 is 67.8 Å². The minimum absolute atomic E-state index is 0. The van der Waals surface area contributed by atoms with Gasteiger partial charge in [0, 0.05) is 19.8 Å². The summed E-state index contributed by atoms with van der Waals surface area (Å²) >= 11 is 4.99. The number of aliphatic hydroxyl groups is 5. The van der Waals surface area contributed by atoms with Crippen LogP contribution in [0.3, 0.4) is 0 Å². The molecule has 0 unspecified atom stereocenters. The second-order valence-corrected chi connectivity index (χ2v) is 8.83. The van der Waals surface area contributed by atoms with Crippen LogP contribution in [0.4, 0.5) is 5.69 Å². The molecule has 0 aliphatic carbocycles. The van der Waals surface area contributed by atoms with Crippen molar-refractivity contribution in [3.8, 4) is 0 Å². The summed E-state index contributed by atoms with van der Waals surface area (Å²) in [6.45, 7) is -0.927. The third-order valence-electron chi connectivity index (χ3n) is 3.75. The first-order chi connectivity index (χ1) is 13.4. The van der Waals surface area contributed by atoms with Crippen LogP contribution in [0.25, 0.3) is 0 Å². The topological polar surface area (TPSA) is 199 Å². The largest absolute Gasteiger partial charge is 1.00 e. The molecule has 15 heteroatoms. The summed E-state index contributed by atoms with van der Waals surface area (Å²) < 4.78 is 0.248. The molecule has 1 rings (SSSR count). The standard InChI is InChI=1S/C15H17I3N2O9.Na/c1-19-13(26)4-6(16)5(15(28)29)8(18)9(7(4)17)20-14(27)12(25)11(24)10(23)3(22)2-21;/h3,10-12,21-25H,2H2,1H3,(H,19,26)(H,20,27)(H,28,29);/q;+1/p-1/t3-,10-,11+,12-;/m1./s1. The number of carbonyl (C=O) groups is 3. The van der Waals surface area contributed by atoms with Crippen molar-refractivity contribution in [2.75, 3.05) is 19.0 Å². The quantitative estimate of drug-likeness (QED) is 0.0997. The van der Waals surface area contributed by atoms with Crippen molar-refractivity contribution in [3.63, 3.8) is 0 Å². The fourth-order valence-corrected chi connectivity index (χ4v) is 6.52. The molecule has 0 heterocycles. The second kappa shape index (κ2) is 13.4. The molecular formula is C15H16I3N2NaO9. The Kier molecular flexibility index (Phi) is 13.6. The molecule has 1 aromatic carbocycles. The van der Waals surface area contributed by atoms with Crippen LogP contribution in [-0.2, 0) is 4.79 Å². The number of benzene rings is 1. The van der Waals surface area contributed by atoms with Gasteiger partial charge in [-0.3, -0.25) is 9.59 Å². The molecule has 0 aliphatic rings. The van der Waals surface area contributed by atoms with E-state index in [4.69, 9.17) is 5.11 Å². The van der Waals surface area contributed by atoms with E-state index in [-0.39, 0.29) is 57.1 Å². The fraction of sp³-hybridized carbons (Fsp3) is 0.400. The molecule has 30 heavy (non-hydrogen) atoms. The Morgan fingerprint density at radius 1 is 0.967 bits per heavy atom. The van der Waals surface area contributed by atoms with Crippen LogP contribution in [0, 0.1) is 10.7 Å². The molecule has 0 aliphatic heterocycles. The van der Waals surface area contributed by atoms with E-state index in [9.17, 15) is 39.9 Å². The van der Waals surface area contributed by atoms with E-state index in [1.54, 1.807) is 67.8 Å². The van der Waals surface area contributed by atoms with Crippen LogP contribution < -0.4 is 45.3 Å². The average molecular weight is 772 g/mol. The normalized spacial score (nSPS) is 14.7. The molecule has 0 fully saturated rings. The molecule has 11 nitrogen and oxygen atoms in total. The van der Waals surface area contributed by atoms with Gasteiger partial charge in [-0.1, -0.05) is 0 Å². The van der Waals surface area contributed by atoms with Crippen LogP contribution in [0.15, 0.2) is 0 Å². The van der Waals surface area contributed by atoms with Crippen molar-refractivity contribution in [1.29, 1.82) is 0 Å². The first-order valence-electron chi connectivity index (χ1n) is 7.68. The Labute approximate surface area is 233 Å². The number of hydrogen-bond acceptors (Lipinski definition) is 9. The van der Waals surface area contributed by atoms with E-state index in [1.807, 2.05) is 0 Å². The minimum Gasteiger partial charge on any atom is -0.545 e. The molecule has 0 bridgehead atoms. The van der Waals surface area contributed by atoms with Crippen molar-refractivity contribution in [1.82, 2.24) is 5.32 Å². The summed E-state index contributed by atoms with van der Waals surface area (Å²) in [5, 5.41) is 63.7. The van der Waals surface area contributed by atoms with Crippen molar-refractivity contribution in [3.05, 3.63) is 21.8 Å². The number of rotatable bonds is 8. The molecule has 1 aromatic rings. The molecule has 0 aromatic heterocycles. The maximum atomic E-state index is 12.3. The van der Waals surface area contributed by atoms with Crippen molar-refractivity contribution in [2.45, 2.75) is 24.4 Å². The zero-order valence-electron chi connectivity index (χ0n) is 15.5. The summed E-state index contributed by atoms with van der Waals surface area (Å²) in [4.78, 5) is 36.1. The number of nitrogens with one attached hydrogen (secondary N) is 2. The van der Waals surface area contributed by atoms with E-state index in [2.05, 4.69) is 10.6 Å². The number of carboxylic acids is 1. The summed E-state index contributed by atoms with van der Waals surface area (Å²) in [6.07, 6.45) is -8.24. The van der Waals surface area contributed by atoms with Gasteiger partial charge in [0.05, 0.1) is 27.4 Å². The van der Waals surface area contributed by atoms with Gasteiger partial charge >= 0.3 is 29.6 Å². The van der Waals surface area contributed by atoms with Crippen LogP contribution in [0.1, 0.15) is 20.7 Å². The molecular weight excluding hydrogens is 756 g/mol. The van der Waals surface area contributed by atoms with Gasteiger partial charge in [0.15, 0.2) is 6.10 Å². The summed E-state index contributed by atoms with van der Waals surface area (Å²) in [5.74, 6) is -3.47. The van der Waals surface area contributed by atoms with E-state index in [1.165, 1.54) is 7.05 Å². The number of carbonyl (C=O) groups excluding carboxylic acids is 3. The third kappa shape index (κ3) is 6.81. The summed E-state index contributed by atoms with van der Waals surface area (Å²) in [5.41, 5.74) is -0.529. The molecule has 2 amide bonds. The Bertz CT molecular complexity index is 827. The van der Waals surface area contributed by atoms with E-state index in [0.717, 1.165) is 0 Å². The molecule has 0 saturated heterocycles. The van der Waals surface area contributed by atoms with Gasteiger partial charge in [-0.05, 0) is 67.8 Å². The number of halogens is 3. The monoisotopic (exact) mass is 772 g/mol. The fourth-order valence-electron chi connectivity index (χ4n) is 2.15. The Hall–Kier alpha value is 0.620. The summed E-state index contributed by atoms with van der Waals surface area (Å²) in [7, 11) is 1.33. The Morgan fingerprint density at radius 3 is 1.90 bits per heavy atom. The smallest absolute Gasteiger partial charge is 0.545 e. The number of hydrogen-bond donors (Lipinski definition) is 7. The Morgan fingerprint density at radius 2 is 1.47 bits per heavy atom. The van der Waals surface area contributed by atoms with Gasteiger partial charge < -0.3 is 46.1 Å². The van der Waals surface area contributed by atoms with Gasteiger partial charge in [0.25, 0.3) is 11.8 Å². The van der Waals surface area contributed by atoms with Gasteiger partial charge in [0.2, 0.25) is 0 Å². The van der Waals surface area contributed by atoms with Crippen LogP contribution in [-0.4, -0.2) is 81.4 Å². The number of aromatic carboxylic acids is 1. The Balaban J connectivity index is 0.00000841. The SMILES string of the molecule is CNC(=O)c1c(I)c(NC(=O)[C@H](O)[C@@H](O)[C@H](O)[C@H](O)CO)c(I)c(C(=O)[O-])c1I.[Na+]. The molecule has 0 spiro atoms. The van der Waals surface area contributed by atoms with Gasteiger partial charge in [-0.2, -0.15) is 0 Å². The zero-order valence-corrected chi connectivity index (χ0v) is 24.0. The van der Waals surface area contributed by atoms with E-state index < -0.39 is 48.8 Å². The number of amides is 2. The molecule has 4 atom stereocenters. The van der Waals surface area contributed by atoms with E-state index >= 15 is 0 Å². The predicted molar refractivity (Wildman–Crippen MR) is 122 cm³/mol. The maximum absolute atomic E-state index is 12.3. The number of anilines is 1. The van der Waals surface area contributed by atoms with Gasteiger partial charge in [0.1, 0.15) is 18.3 Å². The molecule has 162 valence electrons. The van der Waals surface area contributed by atoms with Crippen molar-refractivity contribution < 1.29 is 74.6 Å². The summed E-state index contributed by atoms with van der Waals surface area (Å²) in [6, 6.07) is 0. The minimum atomic E-state index is -2.24. The van der Waals surface area contributed by atoms with Crippen molar-refractivity contribution in [2.24, 2.45) is 0 Å². The second-order valence-electron chi connectivity index (χ2n) is 5.60. The molecule has 0 saturated carbocycles. The van der Waals surface area contributed by atoms with Crippen molar-refractivity contribution >= 4 is 91.2 Å². The van der Waals surface area contributed by atoms with Crippen LogP contribution in [0.2, 0.25) is 0 Å². The predicted octanol–water partition coefficient (Wildman–Crippen LogP) is -5.40. The van der Waals surface area contributed by atoms with Gasteiger partial charge in [-0.25, -0.2) is 0 Å². The van der Waals surface area contributed by atoms with Gasteiger partial charge in [-0.15, -0.1) is 0 Å². The first kappa shape index (κ1) is 30.6. The molecule has 0 radical (unpaired) electrons.